The molecule has 0 spiro atoms. The quantitative estimate of drug-likeness (QED) is 0.472. The van der Waals surface area contributed by atoms with Crippen LogP contribution in [0.2, 0.25) is 0 Å². The van der Waals surface area contributed by atoms with Gasteiger partial charge in [-0.25, -0.2) is 14.4 Å². The van der Waals surface area contributed by atoms with Gasteiger partial charge in [0.05, 0.1) is 13.7 Å². The maximum atomic E-state index is 12.9. The van der Waals surface area contributed by atoms with Crippen LogP contribution >= 0.6 is 0 Å². The zero-order chi connectivity index (χ0) is 22.8. The zero-order valence-electron chi connectivity index (χ0n) is 18.1. The van der Waals surface area contributed by atoms with Gasteiger partial charge in [-0.05, 0) is 17.9 Å². The maximum absolute atomic E-state index is 12.9. The maximum Gasteiger partial charge on any atom is 0.408 e. The first-order chi connectivity index (χ1) is 14.8. The Morgan fingerprint density at radius 3 is 2.42 bits per heavy atom. The van der Waals surface area contributed by atoms with E-state index in [4.69, 9.17) is 9.47 Å². The van der Waals surface area contributed by atoms with Crippen molar-refractivity contribution >= 4 is 24.0 Å². The molecule has 3 N–H and O–H groups in total. The Kier molecular flexibility index (Phi) is 9.11. The highest BCUT2D eigenvalue weighted by Crippen LogP contribution is 2.08. The largest absolute Gasteiger partial charge is 0.467 e. The number of nitrogens with one attached hydrogen (secondary N) is 3. The van der Waals surface area contributed by atoms with Gasteiger partial charge in [-0.2, -0.15) is 0 Å². The van der Waals surface area contributed by atoms with E-state index in [9.17, 15) is 19.2 Å². The topological polar surface area (TPSA) is 126 Å². The number of benzene rings is 1. The molecule has 10 nitrogen and oxygen atoms in total. The molecule has 1 heterocycles. The highest BCUT2D eigenvalue weighted by atomic mass is 16.5. The molecule has 1 aliphatic rings. The first-order valence-corrected chi connectivity index (χ1v) is 10.2. The van der Waals surface area contributed by atoms with Gasteiger partial charge < -0.3 is 30.3 Å². The molecule has 2 unspecified atom stereocenters. The van der Waals surface area contributed by atoms with Crippen molar-refractivity contribution in [3.05, 3.63) is 35.9 Å². The van der Waals surface area contributed by atoms with Crippen LogP contribution in [-0.4, -0.2) is 67.7 Å². The Balaban J connectivity index is 1.99. The molecule has 1 aliphatic heterocycles. The predicted octanol–water partition coefficient (Wildman–Crippen LogP) is 1.01. The van der Waals surface area contributed by atoms with E-state index in [2.05, 4.69) is 16.0 Å². The van der Waals surface area contributed by atoms with Gasteiger partial charge in [0.25, 0.3) is 0 Å². The average Bonchev–Trinajstić information content (AvgIpc) is 3.15. The number of esters is 1. The van der Waals surface area contributed by atoms with Crippen LogP contribution in [0, 0.1) is 5.92 Å². The highest BCUT2D eigenvalue weighted by Gasteiger charge is 2.32. The monoisotopic (exact) mass is 434 g/mol. The van der Waals surface area contributed by atoms with Gasteiger partial charge in [0.2, 0.25) is 5.91 Å². The molecule has 0 radical (unpaired) electrons. The normalized spacial score (nSPS) is 15.1. The number of carbonyl (C=O) groups excluding carboxylic acids is 4. The van der Waals surface area contributed by atoms with Crippen LogP contribution in [0.1, 0.15) is 25.8 Å². The van der Waals surface area contributed by atoms with Crippen LogP contribution < -0.4 is 16.0 Å². The van der Waals surface area contributed by atoms with Crippen LogP contribution in [0.3, 0.4) is 0 Å². The molecule has 2 atom stereocenters. The van der Waals surface area contributed by atoms with Gasteiger partial charge in [-0.15, -0.1) is 0 Å². The summed E-state index contributed by atoms with van der Waals surface area (Å²) in [5, 5.41) is 7.80. The summed E-state index contributed by atoms with van der Waals surface area (Å²) < 4.78 is 9.97. The van der Waals surface area contributed by atoms with Crippen molar-refractivity contribution in [1.82, 2.24) is 20.9 Å². The number of rotatable bonds is 10. The molecule has 1 fully saturated rings. The van der Waals surface area contributed by atoms with E-state index in [1.807, 2.05) is 44.2 Å². The number of ether oxygens (including phenoxy) is 2. The van der Waals surface area contributed by atoms with Crippen molar-refractivity contribution in [3.63, 3.8) is 0 Å². The summed E-state index contributed by atoms with van der Waals surface area (Å²) in [4.78, 5) is 50.5. The molecule has 170 valence electrons. The van der Waals surface area contributed by atoms with Crippen molar-refractivity contribution in [3.8, 4) is 0 Å². The lowest BCUT2D eigenvalue weighted by Crippen LogP contribution is -2.55. The minimum absolute atomic E-state index is 0.0307. The van der Waals surface area contributed by atoms with Crippen molar-refractivity contribution in [2.75, 3.05) is 26.7 Å². The van der Waals surface area contributed by atoms with Crippen LogP contribution in [-0.2, 0) is 25.7 Å². The zero-order valence-corrected chi connectivity index (χ0v) is 18.1. The van der Waals surface area contributed by atoms with Crippen LogP contribution in [0.4, 0.5) is 9.59 Å². The molecule has 0 saturated carbocycles. The summed E-state index contributed by atoms with van der Waals surface area (Å²) in [5.74, 6) is -1.14. The number of methoxy groups -OCH3 is 1. The fourth-order valence-corrected chi connectivity index (χ4v) is 3.11. The second kappa shape index (κ2) is 11.8. The van der Waals surface area contributed by atoms with E-state index in [0.717, 1.165) is 5.56 Å². The summed E-state index contributed by atoms with van der Waals surface area (Å²) in [6.45, 7) is 4.73. The summed E-state index contributed by atoms with van der Waals surface area (Å²) in [6, 6.07) is 6.88. The summed E-state index contributed by atoms with van der Waals surface area (Å²) in [7, 11) is 1.20. The average molecular weight is 434 g/mol. The fraction of sp³-hybridized carbons (Fsp3) is 0.524. The molecule has 0 aromatic heterocycles. The molecular formula is C21H30N4O6. The van der Waals surface area contributed by atoms with Gasteiger partial charge in [-0.3, -0.25) is 4.79 Å². The third-order valence-corrected chi connectivity index (χ3v) is 4.68. The van der Waals surface area contributed by atoms with E-state index < -0.39 is 30.1 Å². The Hall–Kier alpha value is -3.30. The Morgan fingerprint density at radius 2 is 1.84 bits per heavy atom. The highest BCUT2D eigenvalue weighted by molar-refractivity contribution is 5.90. The Morgan fingerprint density at radius 1 is 1.13 bits per heavy atom. The first-order valence-electron chi connectivity index (χ1n) is 10.2. The minimum atomic E-state index is -1.06. The lowest BCUT2D eigenvalue weighted by molar-refractivity contribution is -0.145. The van der Waals surface area contributed by atoms with E-state index >= 15 is 0 Å². The lowest BCUT2D eigenvalue weighted by Gasteiger charge is -2.25. The number of alkyl carbamates (subject to hydrolysis) is 1. The third kappa shape index (κ3) is 7.80. The van der Waals surface area contributed by atoms with E-state index in [1.165, 1.54) is 12.0 Å². The number of hydrogen-bond donors (Lipinski definition) is 3. The van der Waals surface area contributed by atoms with Gasteiger partial charge >= 0.3 is 18.1 Å². The number of amides is 4. The molecular weight excluding hydrogens is 404 g/mol. The number of urea groups is 1. The first kappa shape index (κ1) is 24.0. The predicted molar refractivity (Wildman–Crippen MR) is 112 cm³/mol. The van der Waals surface area contributed by atoms with Gasteiger partial charge in [0, 0.05) is 13.1 Å². The van der Waals surface area contributed by atoms with Gasteiger partial charge in [-0.1, -0.05) is 44.2 Å². The van der Waals surface area contributed by atoms with E-state index in [-0.39, 0.29) is 25.1 Å². The molecule has 31 heavy (non-hydrogen) atoms. The summed E-state index contributed by atoms with van der Waals surface area (Å²) in [5.41, 5.74) is 0.817. The van der Waals surface area contributed by atoms with E-state index in [0.29, 0.717) is 19.5 Å². The molecule has 10 heteroatoms. The molecule has 0 bridgehead atoms. The molecule has 0 aliphatic carbocycles. The van der Waals surface area contributed by atoms with Crippen LogP contribution in [0.15, 0.2) is 30.3 Å². The molecule has 1 aromatic rings. The van der Waals surface area contributed by atoms with Gasteiger partial charge in [0.1, 0.15) is 18.7 Å². The minimum Gasteiger partial charge on any atom is -0.467 e. The third-order valence-electron chi connectivity index (χ3n) is 4.68. The summed E-state index contributed by atoms with van der Waals surface area (Å²) >= 11 is 0. The van der Waals surface area contributed by atoms with Crippen LogP contribution in [0.5, 0.6) is 0 Å². The summed E-state index contributed by atoms with van der Waals surface area (Å²) in [6.07, 6.45) is -0.400. The molecule has 2 rings (SSSR count). The standard InChI is InChI=1S/C21H30N4O6/c1-14(2)11-16(24-21(29)31-13-15-7-5-4-6-8-15)18(26)23-17(19(27)30-3)12-25-10-9-22-20(25)28/h4-8,14,16-17H,9-13H2,1-3H3,(H,22,28)(H,23,26)(H,24,29). The van der Waals surface area contributed by atoms with Crippen molar-refractivity contribution in [2.45, 2.75) is 39.0 Å². The lowest BCUT2D eigenvalue weighted by atomic mass is 10.0. The number of carbonyl (C=O) groups is 4. The second-order valence-corrected chi connectivity index (χ2v) is 7.65. The van der Waals surface area contributed by atoms with E-state index in [1.54, 1.807) is 0 Å². The molecule has 1 saturated heterocycles. The second-order valence-electron chi connectivity index (χ2n) is 7.65. The van der Waals surface area contributed by atoms with Gasteiger partial charge in [0.15, 0.2) is 0 Å². The Bertz CT molecular complexity index is 770. The number of hydrogen-bond acceptors (Lipinski definition) is 6. The Labute approximate surface area is 181 Å². The molecule has 1 aromatic carbocycles. The van der Waals surface area contributed by atoms with Crippen molar-refractivity contribution < 1.29 is 28.7 Å². The number of nitrogens with zero attached hydrogens (tertiary/aromatic N) is 1. The van der Waals surface area contributed by atoms with Crippen molar-refractivity contribution in [1.29, 1.82) is 0 Å². The fourth-order valence-electron chi connectivity index (χ4n) is 3.11. The van der Waals surface area contributed by atoms with Crippen LogP contribution in [0.25, 0.3) is 0 Å². The van der Waals surface area contributed by atoms with Crippen molar-refractivity contribution in [2.24, 2.45) is 5.92 Å². The SMILES string of the molecule is COC(=O)C(CN1CCNC1=O)NC(=O)C(CC(C)C)NC(=O)OCc1ccccc1. The molecule has 4 amide bonds. The smallest absolute Gasteiger partial charge is 0.408 e.